The highest BCUT2D eigenvalue weighted by molar-refractivity contribution is 6.04. The van der Waals surface area contributed by atoms with Crippen LogP contribution in [0.25, 0.3) is 10.9 Å². The number of hydrogen-bond donors (Lipinski definition) is 2. The van der Waals surface area contributed by atoms with Crippen LogP contribution in [0.15, 0.2) is 42.5 Å². The first-order valence-electron chi connectivity index (χ1n) is 10.1. The van der Waals surface area contributed by atoms with Gasteiger partial charge in [-0.3, -0.25) is 4.79 Å². The summed E-state index contributed by atoms with van der Waals surface area (Å²) in [5.41, 5.74) is 1.90. The van der Waals surface area contributed by atoms with Gasteiger partial charge in [0.25, 0.3) is 0 Å². The first kappa shape index (κ1) is 21.2. The Kier molecular flexibility index (Phi) is 5.66. The van der Waals surface area contributed by atoms with Crippen molar-refractivity contribution >= 4 is 22.5 Å². The van der Waals surface area contributed by atoms with Gasteiger partial charge in [-0.25, -0.2) is 0 Å². The van der Waals surface area contributed by atoms with Crippen molar-refractivity contribution in [1.82, 2.24) is 4.57 Å². The van der Waals surface area contributed by atoms with Crippen molar-refractivity contribution in [2.24, 2.45) is 13.0 Å². The Bertz CT molecular complexity index is 1100. The molecule has 2 N–H and O–H groups in total. The molecule has 0 unspecified atom stereocenters. The maximum atomic E-state index is 12.7. The average Bonchev–Trinajstić information content (AvgIpc) is 2.95. The first-order chi connectivity index (χ1) is 14.8. The van der Waals surface area contributed by atoms with Crippen molar-refractivity contribution in [1.29, 1.82) is 0 Å². The number of aliphatic hydroxyl groups is 1. The molecule has 1 aliphatic rings. The van der Waals surface area contributed by atoms with Crippen LogP contribution >= 0.6 is 0 Å². The van der Waals surface area contributed by atoms with E-state index in [1.807, 2.05) is 17.7 Å². The fourth-order valence-electron chi connectivity index (χ4n) is 3.74. The van der Waals surface area contributed by atoms with Crippen molar-refractivity contribution in [3.8, 4) is 5.75 Å². The van der Waals surface area contributed by atoms with Gasteiger partial charge >= 0.3 is 6.18 Å². The van der Waals surface area contributed by atoms with Gasteiger partial charge in [-0.05, 0) is 48.7 Å². The van der Waals surface area contributed by atoms with Gasteiger partial charge in [0.1, 0.15) is 12.4 Å². The molecule has 0 saturated heterocycles. The molecule has 164 valence electrons. The Balaban J connectivity index is 1.56. The summed E-state index contributed by atoms with van der Waals surface area (Å²) in [5, 5.41) is 13.5. The lowest BCUT2D eigenvalue weighted by molar-refractivity contribution is -0.137. The van der Waals surface area contributed by atoms with Crippen LogP contribution in [0, 0.1) is 5.92 Å². The Morgan fingerprint density at radius 1 is 1.19 bits per heavy atom. The van der Waals surface area contributed by atoms with E-state index in [0.29, 0.717) is 22.7 Å². The molecule has 0 spiro atoms. The Labute approximate surface area is 177 Å². The SMILES string of the molecule is Cn1c(CO)c(NC(=O)C2CCC2)c2cc(OCc3ccc(C(F)(F)F)cc3)ccc21. The molecule has 4 rings (SSSR count). The van der Waals surface area contributed by atoms with E-state index in [2.05, 4.69) is 5.32 Å². The number of ether oxygens (including phenoxy) is 1. The third kappa shape index (κ3) is 4.25. The molecule has 0 atom stereocenters. The molecule has 3 aromatic rings. The predicted octanol–water partition coefficient (Wildman–Crippen LogP) is 5.01. The average molecular weight is 432 g/mol. The molecular weight excluding hydrogens is 409 g/mol. The van der Waals surface area contributed by atoms with Gasteiger partial charge in [0.15, 0.2) is 0 Å². The number of aromatic nitrogens is 1. The Morgan fingerprint density at radius 2 is 1.90 bits per heavy atom. The summed E-state index contributed by atoms with van der Waals surface area (Å²) in [6.07, 6.45) is -1.59. The lowest BCUT2D eigenvalue weighted by Gasteiger charge is -2.24. The topological polar surface area (TPSA) is 63.5 Å². The van der Waals surface area contributed by atoms with Gasteiger partial charge in [0.2, 0.25) is 5.91 Å². The smallest absolute Gasteiger partial charge is 0.416 e. The van der Waals surface area contributed by atoms with Crippen LogP contribution in [0.5, 0.6) is 5.75 Å². The second-order valence-electron chi connectivity index (χ2n) is 7.82. The highest BCUT2D eigenvalue weighted by Crippen LogP contribution is 2.35. The summed E-state index contributed by atoms with van der Waals surface area (Å²) in [6, 6.07) is 10.2. The quantitative estimate of drug-likeness (QED) is 0.576. The number of rotatable bonds is 6. The van der Waals surface area contributed by atoms with E-state index in [-0.39, 0.29) is 25.0 Å². The van der Waals surface area contributed by atoms with E-state index in [1.165, 1.54) is 12.1 Å². The molecule has 1 aromatic heterocycles. The minimum Gasteiger partial charge on any atom is -0.489 e. The number of aliphatic hydroxyl groups excluding tert-OH is 1. The van der Waals surface area contributed by atoms with Crippen LogP contribution in [0.2, 0.25) is 0 Å². The zero-order valence-electron chi connectivity index (χ0n) is 17.0. The van der Waals surface area contributed by atoms with E-state index in [1.54, 1.807) is 12.1 Å². The minimum atomic E-state index is -4.37. The second-order valence-corrected chi connectivity index (χ2v) is 7.82. The number of nitrogens with zero attached hydrogens (tertiary/aromatic N) is 1. The monoisotopic (exact) mass is 432 g/mol. The molecule has 1 saturated carbocycles. The van der Waals surface area contributed by atoms with E-state index >= 15 is 0 Å². The van der Waals surface area contributed by atoms with Crippen LogP contribution in [0.4, 0.5) is 18.9 Å². The second kappa shape index (κ2) is 8.26. The number of carbonyl (C=O) groups is 1. The number of amides is 1. The van der Waals surface area contributed by atoms with Gasteiger partial charge in [-0.15, -0.1) is 0 Å². The van der Waals surface area contributed by atoms with Gasteiger partial charge in [-0.2, -0.15) is 13.2 Å². The van der Waals surface area contributed by atoms with Gasteiger partial charge in [-0.1, -0.05) is 18.6 Å². The highest BCUT2D eigenvalue weighted by atomic mass is 19.4. The summed E-state index contributed by atoms with van der Waals surface area (Å²) in [6.45, 7) is -0.125. The van der Waals surface area contributed by atoms with Gasteiger partial charge in [0, 0.05) is 18.4 Å². The molecule has 0 aliphatic heterocycles. The Morgan fingerprint density at radius 3 is 2.48 bits per heavy atom. The number of fused-ring (bicyclic) bond motifs is 1. The van der Waals surface area contributed by atoms with Crippen molar-refractivity contribution in [3.63, 3.8) is 0 Å². The van der Waals surface area contributed by atoms with Crippen LogP contribution in [0.3, 0.4) is 0 Å². The van der Waals surface area contributed by atoms with E-state index in [9.17, 15) is 23.1 Å². The largest absolute Gasteiger partial charge is 0.489 e. The summed E-state index contributed by atoms with van der Waals surface area (Å²) in [5.74, 6) is 0.465. The fraction of sp³-hybridized carbons (Fsp3) is 0.348. The number of hydrogen-bond acceptors (Lipinski definition) is 3. The molecule has 1 amide bonds. The van der Waals surface area contributed by atoms with Gasteiger partial charge < -0.3 is 19.7 Å². The zero-order chi connectivity index (χ0) is 22.2. The molecule has 1 aliphatic carbocycles. The van der Waals surface area contributed by atoms with Crippen LogP contribution in [-0.4, -0.2) is 15.6 Å². The number of aryl methyl sites for hydroxylation is 1. The normalized spacial score (nSPS) is 14.5. The van der Waals surface area contributed by atoms with Crippen LogP contribution in [-0.2, 0) is 31.2 Å². The van der Waals surface area contributed by atoms with E-state index < -0.39 is 11.7 Å². The number of benzene rings is 2. The zero-order valence-corrected chi connectivity index (χ0v) is 17.0. The molecule has 31 heavy (non-hydrogen) atoms. The molecule has 8 heteroatoms. The maximum absolute atomic E-state index is 12.7. The van der Waals surface area contributed by atoms with Crippen LogP contribution < -0.4 is 10.1 Å². The molecular formula is C23H23F3N2O3. The summed E-state index contributed by atoms with van der Waals surface area (Å²) >= 11 is 0. The minimum absolute atomic E-state index is 0.000835. The van der Waals surface area contributed by atoms with Crippen LogP contribution in [0.1, 0.15) is 36.1 Å². The maximum Gasteiger partial charge on any atom is 0.416 e. The number of anilines is 1. The third-order valence-corrected chi connectivity index (χ3v) is 5.85. The fourth-order valence-corrected chi connectivity index (χ4v) is 3.74. The first-order valence-corrected chi connectivity index (χ1v) is 10.1. The number of carbonyl (C=O) groups excluding carboxylic acids is 1. The highest BCUT2D eigenvalue weighted by Gasteiger charge is 2.30. The number of halogens is 3. The molecule has 5 nitrogen and oxygen atoms in total. The van der Waals surface area contributed by atoms with Crippen molar-refractivity contribution in [2.45, 2.75) is 38.7 Å². The van der Waals surface area contributed by atoms with Crippen molar-refractivity contribution in [3.05, 3.63) is 59.3 Å². The molecule has 1 fully saturated rings. The van der Waals surface area contributed by atoms with Crippen molar-refractivity contribution in [2.75, 3.05) is 5.32 Å². The van der Waals surface area contributed by atoms with Gasteiger partial charge in [0.05, 0.1) is 29.1 Å². The summed E-state index contributed by atoms with van der Waals surface area (Å²) < 4.78 is 45.7. The standard InChI is InChI=1S/C23H23F3N2O3/c1-28-19-10-9-17(31-13-14-5-7-16(8-6-14)23(24,25)26)11-18(19)21(20(28)12-29)27-22(30)15-3-2-4-15/h5-11,15,29H,2-4,12-13H2,1H3,(H,27,30). The Hall–Kier alpha value is -3.00. The predicted molar refractivity (Wildman–Crippen MR) is 111 cm³/mol. The lowest BCUT2D eigenvalue weighted by Crippen LogP contribution is -2.28. The van der Waals surface area contributed by atoms with E-state index in [4.69, 9.17) is 4.74 Å². The van der Waals surface area contributed by atoms with E-state index in [0.717, 1.165) is 42.3 Å². The molecule has 2 aromatic carbocycles. The number of nitrogens with one attached hydrogen (secondary N) is 1. The molecule has 1 heterocycles. The summed E-state index contributed by atoms with van der Waals surface area (Å²) in [7, 11) is 1.82. The summed E-state index contributed by atoms with van der Waals surface area (Å²) in [4.78, 5) is 12.5. The third-order valence-electron chi connectivity index (χ3n) is 5.85. The van der Waals surface area contributed by atoms with Crippen molar-refractivity contribution < 1.29 is 27.8 Å². The molecule has 0 bridgehead atoms. The lowest BCUT2D eigenvalue weighted by atomic mass is 9.85. The molecule has 0 radical (unpaired) electrons. The number of alkyl halides is 3.